The molecule has 1 amide bonds. The Labute approximate surface area is 258 Å². The number of rotatable bonds is 4. The predicted octanol–water partition coefficient (Wildman–Crippen LogP) is 5.52. The summed E-state index contributed by atoms with van der Waals surface area (Å²) in [6, 6.07) is 26.0. The average molecular weight is 651 g/mol. The number of amides is 1. The van der Waals surface area contributed by atoms with E-state index in [2.05, 4.69) is 40.2 Å². The van der Waals surface area contributed by atoms with Crippen molar-refractivity contribution in [2.45, 2.75) is 18.4 Å². The van der Waals surface area contributed by atoms with Crippen LogP contribution in [0.2, 0.25) is 0 Å². The number of fused-ring (bicyclic) bond motifs is 1. The van der Waals surface area contributed by atoms with Gasteiger partial charge in [-0.2, -0.15) is 26.3 Å². The summed E-state index contributed by atoms with van der Waals surface area (Å²) in [5, 5.41) is 16.6. The van der Waals surface area contributed by atoms with Crippen molar-refractivity contribution >= 4 is 34.3 Å². The third kappa shape index (κ3) is 9.92. The second-order valence-corrected chi connectivity index (χ2v) is 9.79. The number of nitrogens with zero attached hydrogens (tertiary/aromatic N) is 3. The van der Waals surface area contributed by atoms with Crippen molar-refractivity contribution in [3.8, 4) is 11.1 Å². The molecule has 1 aliphatic heterocycles. The number of carbonyl (C=O) groups excluding carboxylic acids is 1. The predicted molar refractivity (Wildman–Crippen MR) is 157 cm³/mol. The highest BCUT2D eigenvalue weighted by Gasteiger charge is 2.39. The third-order valence-electron chi connectivity index (χ3n) is 6.71. The first-order valence-electron chi connectivity index (χ1n) is 13.5. The van der Waals surface area contributed by atoms with Crippen LogP contribution in [0.15, 0.2) is 91.3 Å². The molecule has 1 fully saturated rings. The van der Waals surface area contributed by atoms with Crippen LogP contribution < -0.4 is 10.6 Å². The molecule has 0 spiro atoms. The van der Waals surface area contributed by atoms with Gasteiger partial charge in [-0.25, -0.2) is 9.59 Å². The lowest BCUT2D eigenvalue weighted by Crippen LogP contribution is -2.51. The first kappa shape index (κ1) is 35.3. The highest BCUT2D eigenvalue weighted by atomic mass is 19.4. The number of aliphatic carboxylic acids is 2. The maximum absolute atomic E-state index is 13.0. The lowest BCUT2D eigenvalue weighted by molar-refractivity contribution is -0.193. The minimum absolute atomic E-state index is 0.0123. The molecular weight excluding hydrogens is 622 g/mol. The van der Waals surface area contributed by atoms with Crippen LogP contribution in [0.5, 0.6) is 0 Å². The average Bonchev–Trinajstić information content (AvgIpc) is 3.04. The van der Waals surface area contributed by atoms with Gasteiger partial charge in [0.2, 0.25) is 5.91 Å². The SMILES string of the molecule is NC(C(=O)N1CCN(c2ccc3cnccc3c2)CC1)c1ccc(-c2ccccc2)cc1.O=C(O)C(F)(F)F.O=C(O)C(F)(F)F. The summed E-state index contributed by atoms with van der Waals surface area (Å²) in [5.74, 6) is -5.53. The fourth-order valence-electron chi connectivity index (χ4n) is 4.31. The summed E-state index contributed by atoms with van der Waals surface area (Å²) < 4.78 is 63.5. The van der Waals surface area contributed by atoms with Crippen LogP contribution in [0.25, 0.3) is 21.9 Å². The molecule has 0 saturated carbocycles. The molecule has 4 N–H and O–H groups in total. The minimum Gasteiger partial charge on any atom is -0.475 e. The van der Waals surface area contributed by atoms with Gasteiger partial charge >= 0.3 is 24.3 Å². The normalized spacial score (nSPS) is 13.9. The number of nitrogens with two attached hydrogens (primary N) is 1. The van der Waals surface area contributed by atoms with E-state index in [-0.39, 0.29) is 5.91 Å². The number of carboxylic acids is 2. The standard InChI is InChI=1S/C27H26N4O.2C2HF3O2/c28-26(22-8-6-21(7-9-22)20-4-2-1-3-5-20)27(32)31-16-14-30(15-17-31)25-11-10-24-19-29-13-12-23(24)18-25;2*3-2(4,5)1(6)7/h1-13,18-19,26H,14-17,28H2;2*(H,6,7). The van der Waals surface area contributed by atoms with Gasteiger partial charge < -0.3 is 25.7 Å². The molecule has 1 atom stereocenters. The molecule has 5 rings (SSSR count). The fraction of sp³-hybridized carbons (Fsp3) is 0.226. The zero-order valence-electron chi connectivity index (χ0n) is 23.9. The Hall–Kier alpha value is -5.18. The van der Waals surface area contributed by atoms with Crippen molar-refractivity contribution < 1.29 is 50.9 Å². The van der Waals surface area contributed by atoms with Crippen molar-refractivity contribution in [1.29, 1.82) is 0 Å². The van der Waals surface area contributed by atoms with E-state index in [4.69, 9.17) is 25.5 Å². The van der Waals surface area contributed by atoms with Gasteiger partial charge in [-0.05, 0) is 40.3 Å². The summed E-state index contributed by atoms with van der Waals surface area (Å²) in [7, 11) is 0. The van der Waals surface area contributed by atoms with E-state index in [1.807, 2.05) is 65.8 Å². The van der Waals surface area contributed by atoms with Gasteiger partial charge in [0.15, 0.2) is 0 Å². The van der Waals surface area contributed by atoms with Crippen LogP contribution in [-0.2, 0) is 14.4 Å². The molecule has 9 nitrogen and oxygen atoms in total. The van der Waals surface area contributed by atoms with Crippen molar-refractivity contribution in [3.05, 3.63) is 96.8 Å². The van der Waals surface area contributed by atoms with E-state index in [1.54, 1.807) is 0 Å². The van der Waals surface area contributed by atoms with Crippen LogP contribution >= 0.6 is 0 Å². The molecule has 244 valence electrons. The van der Waals surface area contributed by atoms with Crippen LogP contribution in [0.3, 0.4) is 0 Å². The monoisotopic (exact) mass is 650 g/mol. The number of carbonyl (C=O) groups is 3. The first-order chi connectivity index (χ1) is 21.6. The number of alkyl halides is 6. The number of hydrogen-bond donors (Lipinski definition) is 3. The molecule has 0 radical (unpaired) electrons. The summed E-state index contributed by atoms with van der Waals surface area (Å²) in [5.41, 5.74) is 10.7. The molecule has 1 saturated heterocycles. The smallest absolute Gasteiger partial charge is 0.475 e. The number of halogens is 6. The summed E-state index contributed by atoms with van der Waals surface area (Å²) in [4.78, 5) is 39.2. The van der Waals surface area contributed by atoms with E-state index >= 15 is 0 Å². The zero-order valence-corrected chi connectivity index (χ0v) is 23.9. The Morgan fingerprint density at radius 1 is 0.717 bits per heavy atom. The molecule has 15 heteroatoms. The second-order valence-electron chi connectivity index (χ2n) is 9.79. The highest BCUT2D eigenvalue weighted by Crippen LogP contribution is 2.25. The summed E-state index contributed by atoms with van der Waals surface area (Å²) >= 11 is 0. The molecule has 3 aromatic carbocycles. The van der Waals surface area contributed by atoms with Gasteiger partial charge in [-0.1, -0.05) is 60.7 Å². The topological polar surface area (TPSA) is 137 Å². The Morgan fingerprint density at radius 2 is 1.24 bits per heavy atom. The Kier molecular flexibility index (Phi) is 11.7. The van der Waals surface area contributed by atoms with E-state index in [1.165, 1.54) is 11.1 Å². The van der Waals surface area contributed by atoms with Crippen LogP contribution in [0.1, 0.15) is 11.6 Å². The highest BCUT2D eigenvalue weighted by molar-refractivity contribution is 5.86. The number of aromatic nitrogens is 1. The van der Waals surface area contributed by atoms with Gasteiger partial charge in [-0.3, -0.25) is 9.78 Å². The molecule has 0 bridgehead atoms. The van der Waals surface area contributed by atoms with Crippen LogP contribution in [0, 0.1) is 0 Å². The lowest BCUT2D eigenvalue weighted by Gasteiger charge is -2.37. The molecular formula is C31H28F6N4O5. The number of hydrogen-bond acceptors (Lipinski definition) is 6. The Balaban J connectivity index is 0.000000345. The van der Waals surface area contributed by atoms with Crippen molar-refractivity contribution in [1.82, 2.24) is 9.88 Å². The van der Waals surface area contributed by atoms with Crippen LogP contribution in [0.4, 0.5) is 32.0 Å². The molecule has 2 heterocycles. The maximum atomic E-state index is 13.0. The van der Waals surface area contributed by atoms with Crippen molar-refractivity contribution in [3.63, 3.8) is 0 Å². The largest absolute Gasteiger partial charge is 0.490 e. The van der Waals surface area contributed by atoms with E-state index in [0.717, 1.165) is 35.2 Å². The van der Waals surface area contributed by atoms with Gasteiger partial charge in [0, 0.05) is 49.6 Å². The van der Waals surface area contributed by atoms with E-state index in [0.29, 0.717) is 13.1 Å². The quantitative estimate of drug-likeness (QED) is 0.246. The first-order valence-corrected chi connectivity index (χ1v) is 13.5. The van der Waals surface area contributed by atoms with Crippen LogP contribution in [-0.4, -0.2) is 76.5 Å². The number of benzene rings is 3. The van der Waals surface area contributed by atoms with Gasteiger partial charge in [-0.15, -0.1) is 0 Å². The molecule has 0 aliphatic carbocycles. The minimum atomic E-state index is -5.08. The lowest BCUT2D eigenvalue weighted by atomic mass is 10.0. The molecule has 1 aliphatic rings. The van der Waals surface area contributed by atoms with Gasteiger partial charge in [0.05, 0.1) is 0 Å². The van der Waals surface area contributed by atoms with Gasteiger partial charge in [0.25, 0.3) is 0 Å². The second kappa shape index (κ2) is 15.2. The number of piperazine rings is 1. The molecule has 1 unspecified atom stereocenters. The summed E-state index contributed by atoms with van der Waals surface area (Å²) in [6.07, 6.45) is -6.47. The zero-order chi connectivity index (χ0) is 34.1. The maximum Gasteiger partial charge on any atom is 0.490 e. The fourth-order valence-corrected chi connectivity index (χ4v) is 4.31. The Morgan fingerprint density at radius 3 is 1.76 bits per heavy atom. The molecule has 46 heavy (non-hydrogen) atoms. The molecule has 1 aromatic heterocycles. The third-order valence-corrected chi connectivity index (χ3v) is 6.71. The van der Waals surface area contributed by atoms with Gasteiger partial charge in [0.1, 0.15) is 6.04 Å². The number of carboxylic acid groups (broad SMARTS) is 2. The number of anilines is 1. The Bertz CT molecular complexity index is 1600. The summed E-state index contributed by atoms with van der Waals surface area (Å²) in [6.45, 7) is 2.93. The molecule has 4 aromatic rings. The van der Waals surface area contributed by atoms with Crippen molar-refractivity contribution in [2.24, 2.45) is 5.73 Å². The van der Waals surface area contributed by atoms with Crippen molar-refractivity contribution in [2.75, 3.05) is 31.1 Å². The number of pyridine rings is 1. The van der Waals surface area contributed by atoms with E-state index in [9.17, 15) is 31.1 Å². The van der Waals surface area contributed by atoms with E-state index < -0.39 is 30.3 Å².